The van der Waals surface area contributed by atoms with Crippen molar-refractivity contribution in [1.29, 1.82) is 0 Å². The first-order chi connectivity index (χ1) is 10.2. The minimum Gasteiger partial charge on any atom is -0.490 e. The van der Waals surface area contributed by atoms with E-state index < -0.39 is 0 Å². The Morgan fingerprint density at radius 3 is 2.48 bits per heavy atom. The smallest absolute Gasteiger partial charge is 0.119 e. The van der Waals surface area contributed by atoms with E-state index in [-0.39, 0.29) is 0 Å². The van der Waals surface area contributed by atoms with Gasteiger partial charge in [-0.2, -0.15) is 0 Å². The fourth-order valence-corrected chi connectivity index (χ4v) is 2.63. The van der Waals surface area contributed by atoms with Gasteiger partial charge in [-0.15, -0.1) is 0 Å². The van der Waals surface area contributed by atoms with Gasteiger partial charge in [-0.3, -0.25) is 0 Å². The Morgan fingerprint density at radius 1 is 1.24 bits per heavy atom. The molecule has 0 aliphatic carbocycles. The molecule has 0 atom stereocenters. The number of likely N-dealkylation sites (tertiary alicyclic amines) is 1. The summed E-state index contributed by atoms with van der Waals surface area (Å²) in [6.45, 7) is 6.50. The lowest BCUT2D eigenvalue weighted by Gasteiger charge is -2.29. The number of benzene rings is 1. The van der Waals surface area contributed by atoms with Crippen LogP contribution >= 0.6 is 0 Å². The van der Waals surface area contributed by atoms with E-state index >= 15 is 0 Å². The summed E-state index contributed by atoms with van der Waals surface area (Å²) in [6, 6.07) is 8.49. The number of nitrogens with zero attached hydrogens (tertiary/aromatic N) is 1. The molecule has 2 rings (SSSR count). The molecule has 0 spiro atoms. The van der Waals surface area contributed by atoms with Gasteiger partial charge in [-0.05, 0) is 56.5 Å². The molecule has 0 unspecified atom stereocenters. The van der Waals surface area contributed by atoms with E-state index in [4.69, 9.17) is 4.74 Å². The first kappa shape index (κ1) is 15.8. The second-order valence-electron chi connectivity index (χ2n) is 5.70. The molecular formula is C19H27NO. The maximum atomic E-state index is 6.09. The third-order valence-corrected chi connectivity index (χ3v) is 4.00. The Bertz CT molecular complexity index is 479. The second-order valence-corrected chi connectivity index (χ2v) is 5.70. The summed E-state index contributed by atoms with van der Waals surface area (Å²) in [6.07, 6.45) is 10.2. The largest absolute Gasteiger partial charge is 0.490 e. The fourth-order valence-electron chi connectivity index (χ4n) is 2.63. The number of allylic oxidation sites excluding steroid dienone is 4. The van der Waals surface area contributed by atoms with E-state index in [0.717, 1.165) is 38.1 Å². The summed E-state index contributed by atoms with van der Waals surface area (Å²) in [7, 11) is 2.17. The molecule has 1 heterocycles. The Labute approximate surface area is 129 Å². The van der Waals surface area contributed by atoms with Crippen LogP contribution in [0.4, 0.5) is 0 Å². The van der Waals surface area contributed by atoms with Crippen LogP contribution in [0.2, 0.25) is 0 Å². The Balaban J connectivity index is 1.97. The number of hydrogen-bond donors (Lipinski definition) is 0. The van der Waals surface area contributed by atoms with Crippen LogP contribution < -0.4 is 4.74 Å². The summed E-state index contributed by atoms with van der Waals surface area (Å²) in [5.41, 5.74) is 2.51. The highest BCUT2D eigenvalue weighted by atomic mass is 16.5. The predicted molar refractivity (Wildman–Crippen MR) is 90.7 cm³/mol. The Kier molecular flexibility index (Phi) is 6.06. The van der Waals surface area contributed by atoms with E-state index in [2.05, 4.69) is 68.3 Å². The summed E-state index contributed by atoms with van der Waals surface area (Å²) in [5.74, 6) is 0.989. The van der Waals surface area contributed by atoms with Crippen LogP contribution in [0.3, 0.4) is 0 Å². The van der Waals surface area contributed by atoms with Crippen LogP contribution in [0.25, 0.3) is 5.57 Å². The highest BCUT2D eigenvalue weighted by Crippen LogP contribution is 2.22. The average Bonchev–Trinajstić information content (AvgIpc) is 2.52. The maximum Gasteiger partial charge on any atom is 0.119 e. The number of rotatable bonds is 5. The molecule has 2 nitrogen and oxygen atoms in total. The molecule has 0 radical (unpaired) electrons. The van der Waals surface area contributed by atoms with E-state index in [1.807, 2.05) is 0 Å². The molecule has 1 aliphatic rings. The number of ether oxygens (including phenoxy) is 1. The molecular weight excluding hydrogens is 258 g/mol. The quantitative estimate of drug-likeness (QED) is 0.737. The zero-order chi connectivity index (χ0) is 15.1. The Hall–Kier alpha value is -1.54. The molecule has 1 fully saturated rings. The van der Waals surface area contributed by atoms with Gasteiger partial charge in [0.05, 0.1) is 0 Å². The maximum absolute atomic E-state index is 6.09. The van der Waals surface area contributed by atoms with Crippen molar-refractivity contribution in [2.75, 3.05) is 20.1 Å². The van der Waals surface area contributed by atoms with Crippen LogP contribution in [0.1, 0.15) is 38.7 Å². The van der Waals surface area contributed by atoms with Crippen LogP contribution in [-0.2, 0) is 0 Å². The lowest BCUT2D eigenvalue weighted by Crippen LogP contribution is -2.35. The van der Waals surface area contributed by atoms with E-state index in [1.165, 1.54) is 11.1 Å². The minimum atomic E-state index is 0.369. The van der Waals surface area contributed by atoms with Crippen molar-refractivity contribution in [3.8, 4) is 5.75 Å². The molecule has 0 bridgehead atoms. The molecule has 0 saturated carbocycles. The molecule has 0 N–H and O–H groups in total. The Morgan fingerprint density at radius 2 is 1.90 bits per heavy atom. The summed E-state index contributed by atoms with van der Waals surface area (Å²) >= 11 is 0. The average molecular weight is 285 g/mol. The second kappa shape index (κ2) is 8.04. The zero-order valence-corrected chi connectivity index (χ0v) is 13.5. The van der Waals surface area contributed by atoms with Crippen molar-refractivity contribution in [1.82, 2.24) is 4.90 Å². The first-order valence-electron chi connectivity index (χ1n) is 8.01. The van der Waals surface area contributed by atoms with Crippen molar-refractivity contribution in [3.05, 3.63) is 48.1 Å². The van der Waals surface area contributed by atoms with Gasteiger partial charge in [0.25, 0.3) is 0 Å². The zero-order valence-electron chi connectivity index (χ0n) is 13.5. The molecule has 1 aromatic carbocycles. The predicted octanol–water partition coefficient (Wildman–Crippen LogP) is 4.53. The molecule has 0 aromatic heterocycles. The topological polar surface area (TPSA) is 12.5 Å². The highest BCUT2D eigenvalue weighted by Gasteiger charge is 2.17. The van der Waals surface area contributed by atoms with Crippen molar-refractivity contribution in [2.24, 2.45) is 0 Å². The lowest BCUT2D eigenvalue weighted by molar-refractivity contribution is 0.114. The van der Waals surface area contributed by atoms with Gasteiger partial charge in [0.15, 0.2) is 0 Å². The molecule has 2 heteroatoms. The number of piperidine rings is 1. The molecule has 1 saturated heterocycles. The van der Waals surface area contributed by atoms with Gasteiger partial charge in [0, 0.05) is 13.1 Å². The van der Waals surface area contributed by atoms with Crippen LogP contribution in [0, 0.1) is 0 Å². The van der Waals surface area contributed by atoms with Crippen molar-refractivity contribution >= 4 is 5.57 Å². The molecule has 1 aromatic rings. The van der Waals surface area contributed by atoms with Crippen LogP contribution in [-0.4, -0.2) is 31.1 Å². The molecule has 0 amide bonds. The van der Waals surface area contributed by atoms with E-state index in [0.29, 0.717) is 6.10 Å². The lowest BCUT2D eigenvalue weighted by atomic mass is 10.0. The van der Waals surface area contributed by atoms with Crippen LogP contribution in [0.5, 0.6) is 5.75 Å². The van der Waals surface area contributed by atoms with Gasteiger partial charge in [0.2, 0.25) is 0 Å². The van der Waals surface area contributed by atoms with Gasteiger partial charge in [0.1, 0.15) is 11.9 Å². The van der Waals surface area contributed by atoms with Gasteiger partial charge >= 0.3 is 0 Å². The van der Waals surface area contributed by atoms with Crippen LogP contribution in [0.15, 0.2) is 42.5 Å². The van der Waals surface area contributed by atoms with E-state index in [1.54, 1.807) is 0 Å². The fraction of sp³-hybridized carbons (Fsp3) is 0.474. The standard InChI is InChI=1S/C19H27NO/c1-4-6-7-16(5-2)17-8-10-18(11-9-17)21-19-12-14-20(3)15-13-19/h5-11,19H,4,12-15H2,1-3H3/b7-6-,16-5+. The van der Waals surface area contributed by atoms with Crippen molar-refractivity contribution in [2.45, 2.75) is 39.2 Å². The highest BCUT2D eigenvalue weighted by molar-refractivity contribution is 5.73. The summed E-state index contributed by atoms with van der Waals surface area (Å²) < 4.78 is 6.09. The first-order valence-corrected chi connectivity index (χ1v) is 8.01. The summed E-state index contributed by atoms with van der Waals surface area (Å²) in [5, 5.41) is 0. The van der Waals surface area contributed by atoms with Gasteiger partial charge in [-0.25, -0.2) is 0 Å². The van der Waals surface area contributed by atoms with Crippen molar-refractivity contribution in [3.63, 3.8) is 0 Å². The third-order valence-electron chi connectivity index (χ3n) is 4.00. The third kappa shape index (κ3) is 4.75. The monoisotopic (exact) mass is 285 g/mol. The number of hydrogen-bond acceptors (Lipinski definition) is 2. The molecule has 1 aliphatic heterocycles. The van der Waals surface area contributed by atoms with E-state index in [9.17, 15) is 0 Å². The minimum absolute atomic E-state index is 0.369. The summed E-state index contributed by atoms with van der Waals surface area (Å²) in [4.78, 5) is 2.36. The van der Waals surface area contributed by atoms with Crippen molar-refractivity contribution < 1.29 is 4.74 Å². The van der Waals surface area contributed by atoms with Gasteiger partial charge < -0.3 is 9.64 Å². The molecule has 114 valence electrons. The SMILES string of the molecule is C/C=C(\C=C/CC)c1ccc(OC2CCN(C)CC2)cc1. The normalized spacial score (nSPS) is 18.3. The van der Waals surface area contributed by atoms with Gasteiger partial charge in [-0.1, -0.05) is 37.3 Å². The molecule has 21 heavy (non-hydrogen) atoms.